The molecule has 6 N–H and O–H groups in total. The molecule has 9 nitrogen and oxygen atoms in total. The van der Waals surface area contributed by atoms with Gasteiger partial charge in [-0.1, -0.05) is 282 Å². The van der Waals surface area contributed by atoms with Gasteiger partial charge in [0, 0.05) is 6.42 Å². The highest BCUT2D eigenvalue weighted by Gasteiger charge is 2.44. The first-order chi connectivity index (χ1) is 39.3. The fourth-order valence-corrected chi connectivity index (χ4v) is 9.42. The van der Waals surface area contributed by atoms with Crippen molar-refractivity contribution in [2.75, 3.05) is 13.2 Å². The normalized spacial score (nSPS) is 19.4. The van der Waals surface area contributed by atoms with Crippen molar-refractivity contribution >= 4 is 5.91 Å². The predicted molar refractivity (Wildman–Crippen MR) is 340 cm³/mol. The Hall–Kier alpha value is -3.67. The third kappa shape index (κ3) is 46.9. The molecular weight excluding hydrogens is 995 g/mol. The van der Waals surface area contributed by atoms with Crippen molar-refractivity contribution in [1.29, 1.82) is 0 Å². The van der Waals surface area contributed by atoms with Crippen LogP contribution in [0.4, 0.5) is 0 Å². The minimum Gasteiger partial charge on any atom is -0.394 e. The molecule has 7 atom stereocenters. The summed E-state index contributed by atoms with van der Waals surface area (Å²) in [6.07, 6.45) is 82.3. The third-order valence-corrected chi connectivity index (χ3v) is 14.5. The van der Waals surface area contributed by atoms with E-state index in [2.05, 4.69) is 141 Å². The lowest BCUT2D eigenvalue weighted by Crippen LogP contribution is -2.60. The van der Waals surface area contributed by atoms with Crippen LogP contribution in [0.15, 0.2) is 134 Å². The van der Waals surface area contributed by atoms with Crippen LogP contribution in [0, 0.1) is 0 Å². The fourth-order valence-electron chi connectivity index (χ4n) is 9.42. The zero-order valence-corrected chi connectivity index (χ0v) is 50.8. The number of amides is 1. The molecule has 7 unspecified atom stereocenters. The Bertz CT molecular complexity index is 1720. The Morgan fingerprint density at radius 3 is 1.15 bits per heavy atom. The number of aliphatic hydroxyl groups is 5. The molecule has 1 aliphatic rings. The minimum absolute atomic E-state index is 0.195. The van der Waals surface area contributed by atoms with E-state index in [9.17, 15) is 30.3 Å². The average molecular weight is 1110 g/mol. The summed E-state index contributed by atoms with van der Waals surface area (Å²) in [5, 5.41) is 54.6. The zero-order chi connectivity index (χ0) is 57.9. The second kappa shape index (κ2) is 58.5. The monoisotopic (exact) mass is 1110 g/mol. The Morgan fingerprint density at radius 2 is 0.775 bits per heavy atom. The molecule has 1 saturated heterocycles. The average Bonchev–Trinajstić information content (AvgIpc) is 3.46. The number of unbranched alkanes of at least 4 members (excludes halogenated alkanes) is 24. The molecule has 0 aromatic heterocycles. The highest BCUT2D eigenvalue weighted by molar-refractivity contribution is 5.76. The summed E-state index contributed by atoms with van der Waals surface area (Å²) in [5.74, 6) is -0.195. The molecule has 0 saturated carbocycles. The van der Waals surface area contributed by atoms with E-state index in [0.717, 1.165) is 128 Å². The lowest BCUT2D eigenvalue weighted by molar-refractivity contribution is -0.302. The van der Waals surface area contributed by atoms with Crippen molar-refractivity contribution in [3.63, 3.8) is 0 Å². The summed E-state index contributed by atoms with van der Waals surface area (Å²) in [7, 11) is 0. The van der Waals surface area contributed by atoms with Crippen LogP contribution in [0.5, 0.6) is 0 Å². The largest absolute Gasteiger partial charge is 0.394 e. The van der Waals surface area contributed by atoms with E-state index in [1.54, 1.807) is 6.08 Å². The molecule has 1 rings (SSSR count). The number of aliphatic hydroxyl groups excluding tert-OH is 5. The van der Waals surface area contributed by atoms with E-state index >= 15 is 0 Å². The highest BCUT2D eigenvalue weighted by Crippen LogP contribution is 2.23. The van der Waals surface area contributed by atoms with Crippen molar-refractivity contribution in [2.24, 2.45) is 0 Å². The lowest BCUT2D eigenvalue weighted by atomic mass is 9.99. The van der Waals surface area contributed by atoms with Crippen LogP contribution in [0.3, 0.4) is 0 Å². The van der Waals surface area contributed by atoms with Crippen LogP contribution in [-0.4, -0.2) is 87.5 Å². The third-order valence-electron chi connectivity index (χ3n) is 14.5. The first-order valence-electron chi connectivity index (χ1n) is 32.4. The summed E-state index contributed by atoms with van der Waals surface area (Å²) in [6.45, 7) is 3.66. The van der Waals surface area contributed by atoms with Gasteiger partial charge in [0.25, 0.3) is 0 Å². The second-order valence-electron chi connectivity index (χ2n) is 21.8. The number of hydrogen-bond acceptors (Lipinski definition) is 8. The van der Waals surface area contributed by atoms with Crippen LogP contribution in [-0.2, 0) is 14.3 Å². The van der Waals surface area contributed by atoms with Gasteiger partial charge in [-0.15, -0.1) is 0 Å². The van der Waals surface area contributed by atoms with E-state index in [1.807, 2.05) is 6.08 Å². The van der Waals surface area contributed by atoms with Crippen LogP contribution in [0.1, 0.15) is 251 Å². The van der Waals surface area contributed by atoms with Crippen LogP contribution >= 0.6 is 0 Å². The lowest BCUT2D eigenvalue weighted by Gasteiger charge is -2.40. The number of rotatable bonds is 54. The van der Waals surface area contributed by atoms with E-state index < -0.39 is 49.5 Å². The summed E-state index contributed by atoms with van der Waals surface area (Å²) in [5.41, 5.74) is 0. The number of nitrogens with one attached hydrogen (secondary N) is 1. The SMILES string of the molecule is CC/C=C\C/C=C\C/C=C\C/C=C\C/C=C\C/C=C\C/C=C\C/C=C\C/C=C\C/C=C\CCCCCCCCC(=O)NC(COC1OC(CO)C(O)C(O)C1O)C(O)/C=C/CCCCCCCCCCCCCCCCCCCC. The van der Waals surface area contributed by atoms with E-state index in [1.165, 1.54) is 103 Å². The highest BCUT2D eigenvalue weighted by atomic mass is 16.7. The van der Waals surface area contributed by atoms with Crippen molar-refractivity contribution in [1.82, 2.24) is 5.32 Å². The summed E-state index contributed by atoms with van der Waals surface area (Å²) >= 11 is 0. The van der Waals surface area contributed by atoms with Crippen molar-refractivity contribution in [2.45, 2.75) is 294 Å². The second-order valence-corrected chi connectivity index (χ2v) is 21.8. The van der Waals surface area contributed by atoms with Gasteiger partial charge in [-0.2, -0.15) is 0 Å². The molecule has 9 heteroatoms. The molecule has 1 heterocycles. The molecule has 0 aliphatic carbocycles. The van der Waals surface area contributed by atoms with E-state index in [0.29, 0.717) is 6.42 Å². The standard InChI is InChI=1S/C71H119NO8/c1-3-5-7-9-11-13-15-17-19-21-23-25-26-27-28-29-30-31-32-33-34-35-36-37-38-39-40-41-43-45-47-49-51-53-55-57-59-61-67(75)72-64(63-79-71-70(78)69(77)68(76)66(62-73)80-71)65(74)60-58-56-54-52-50-48-46-44-42-24-22-20-18-16-14-12-10-8-6-4-2/h5,7,11,13,17,19,23,25,27-28,30-31,33-34,36-37,39-40,43,45,58,60,64-66,68-71,73-74,76-78H,3-4,6,8-10,12,14-16,18,20-22,24,26,29,32,35,38,41-42,44,46-57,59,61-63H2,1-2H3,(H,72,75)/b7-5-,13-11-,19-17-,25-23-,28-27-,31-30-,34-33-,37-36-,40-39-,45-43-,60-58+. The smallest absolute Gasteiger partial charge is 0.220 e. The Balaban J connectivity index is 2.21. The van der Waals surface area contributed by atoms with E-state index in [4.69, 9.17) is 9.47 Å². The minimum atomic E-state index is -1.58. The molecule has 0 radical (unpaired) electrons. The molecule has 0 spiro atoms. The number of allylic oxidation sites excluding steroid dienone is 21. The van der Waals surface area contributed by atoms with Crippen molar-refractivity contribution in [3.05, 3.63) is 134 Å². The number of carbonyl (C=O) groups is 1. The Labute approximate surface area is 490 Å². The number of hydrogen-bond donors (Lipinski definition) is 6. The van der Waals surface area contributed by atoms with Gasteiger partial charge in [0.1, 0.15) is 24.4 Å². The molecule has 0 aromatic rings. The maximum Gasteiger partial charge on any atom is 0.220 e. The van der Waals surface area contributed by atoms with Crippen LogP contribution < -0.4 is 5.32 Å². The Kier molecular flexibility index (Phi) is 54.4. The molecule has 0 aromatic carbocycles. The molecule has 80 heavy (non-hydrogen) atoms. The number of carbonyl (C=O) groups excluding carboxylic acids is 1. The van der Waals surface area contributed by atoms with Crippen molar-refractivity contribution in [3.8, 4) is 0 Å². The van der Waals surface area contributed by atoms with Gasteiger partial charge in [-0.25, -0.2) is 0 Å². The molecule has 1 fully saturated rings. The quantitative estimate of drug-likeness (QED) is 0.0261. The fraction of sp³-hybridized carbons (Fsp3) is 0.676. The predicted octanol–water partition coefficient (Wildman–Crippen LogP) is 17.2. The molecule has 1 amide bonds. The van der Waals surface area contributed by atoms with Gasteiger partial charge in [0.05, 0.1) is 25.4 Å². The van der Waals surface area contributed by atoms with Crippen LogP contribution in [0.25, 0.3) is 0 Å². The van der Waals surface area contributed by atoms with Gasteiger partial charge < -0.3 is 40.3 Å². The Morgan fingerprint density at radius 1 is 0.438 bits per heavy atom. The first kappa shape index (κ1) is 74.3. The summed E-state index contributed by atoms with van der Waals surface area (Å²) < 4.78 is 11.3. The zero-order valence-electron chi connectivity index (χ0n) is 50.8. The van der Waals surface area contributed by atoms with E-state index in [-0.39, 0.29) is 12.5 Å². The summed E-state index contributed by atoms with van der Waals surface area (Å²) in [4.78, 5) is 13.1. The topological polar surface area (TPSA) is 149 Å². The molecule has 0 bridgehead atoms. The molecule has 1 aliphatic heterocycles. The maximum absolute atomic E-state index is 13.1. The molecular formula is C71H119NO8. The van der Waals surface area contributed by atoms with Gasteiger partial charge in [-0.05, 0) is 96.3 Å². The van der Waals surface area contributed by atoms with Gasteiger partial charge in [-0.3, -0.25) is 4.79 Å². The number of ether oxygens (including phenoxy) is 2. The summed E-state index contributed by atoms with van der Waals surface area (Å²) in [6, 6.07) is -0.824. The van der Waals surface area contributed by atoms with Gasteiger partial charge in [0.2, 0.25) is 5.91 Å². The van der Waals surface area contributed by atoms with Gasteiger partial charge >= 0.3 is 0 Å². The van der Waals surface area contributed by atoms with Crippen molar-refractivity contribution < 1.29 is 39.8 Å². The molecule has 456 valence electrons. The first-order valence-corrected chi connectivity index (χ1v) is 32.4. The van der Waals surface area contributed by atoms with Gasteiger partial charge in [0.15, 0.2) is 6.29 Å². The maximum atomic E-state index is 13.1. The van der Waals surface area contributed by atoms with Crippen LogP contribution in [0.2, 0.25) is 0 Å².